The molecule has 0 bridgehead atoms. The summed E-state index contributed by atoms with van der Waals surface area (Å²) in [4.78, 5) is 24.7. The van der Waals surface area contributed by atoms with E-state index in [9.17, 15) is 14.9 Å². The highest BCUT2D eigenvalue weighted by Crippen LogP contribution is 2.24. The van der Waals surface area contributed by atoms with Crippen molar-refractivity contribution in [2.45, 2.75) is 6.61 Å². The molecule has 2 aromatic rings. The van der Waals surface area contributed by atoms with Crippen LogP contribution in [0.2, 0.25) is 0 Å². The largest absolute Gasteiger partial charge is 0.468 e. The monoisotopic (exact) mass is 290 g/mol. The number of hydrogen-bond donors (Lipinski definition) is 1. The molecule has 0 aliphatic carbocycles. The first-order valence-electron chi connectivity index (χ1n) is 5.93. The van der Waals surface area contributed by atoms with E-state index in [1.165, 1.54) is 12.1 Å². The van der Waals surface area contributed by atoms with Gasteiger partial charge in [0.2, 0.25) is 0 Å². The van der Waals surface area contributed by atoms with E-state index in [-0.39, 0.29) is 23.9 Å². The highest BCUT2D eigenvalue weighted by atomic mass is 16.6. The average Bonchev–Trinajstić information content (AvgIpc) is 2.55. The van der Waals surface area contributed by atoms with Crippen LogP contribution in [-0.2, 0) is 6.61 Å². The fourth-order valence-electron chi connectivity index (χ4n) is 1.48. The molecule has 0 atom stereocenters. The number of hydrogen-bond acceptors (Lipinski definition) is 6. The molecular weight excluding hydrogens is 276 g/mol. The average molecular weight is 290 g/mol. The van der Waals surface area contributed by atoms with Crippen molar-refractivity contribution in [3.63, 3.8) is 0 Å². The van der Waals surface area contributed by atoms with Gasteiger partial charge in [-0.05, 0) is 11.6 Å². The zero-order valence-corrected chi connectivity index (χ0v) is 11.3. The van der Waals surface area contributed by atoms with Crippen LogP contribution in [0.25, 0.3) is 0 Å². The number of nitrogens with zero attached hydrogens (tertiary/aromatic N) is 2. The standard InChI is InChI=1S/C13H10N2O4.CH4O/c16-8-11-6-7-12(15(17)18)13(14-11)19-9-10-4-2-1-3-5-10;1-2/h1-8H,9H2;2H,1H3. The Morgan fingerprint density at radius 1 is 1.24 bits per heavy atom. The van der Waals surface area contributed by atoms with Crippen molar-refractivity contribution in [2.75, 3.05) is 7.11 Å². The first-order chi connectivity index (χ1) is 10.2. The maximum Gasteiger partial charge on any atom is 0.331 e. The van der Waals surface area contributed by atoms with E-state index < -0.39 is 4.92 Å². The van der Waals surface area contributed by atoms with Crippen molar-refractivity contribution in [3.8, 4) is 5.88 Å². The second-order valence-electron chi connectivity index (χ2n) is 3.71. The summed E-state index contributed by atoms with van der Waals surface area (Å²) in [5, 5.41) is 17.8. The van der Waals surface area contributed by atoms with Crippen LogP contribution in [0.3, 0.4) is 0 Å². The number of carbonyl (C=O) groups is 1. The fraction of sp³-hybridized carbons (Fsp3) is 0.143. The normalized spacial score (nSPS) is 9.24. The molecule has 1 heterocycles. The van der Waals surface area contributed by atoms with E-state index in [4.69, 9.17) is 9.84 Å². The van der Waals surface area contributed by atoms with E-state index in [2.05, 4.69) is 4.98 Å². The first-order valence-corrected chi connectivity index (χ1v) is 5.93. The minimum absolute atomic E-state index is 0.0914. The topological polar surface area (TPSA) is 103 Å². The quantitative estimate of drug-likeness (QED) is 0.513. The van der Waals surface area contributed by atoms with Crippen LogP contribution < -0.4 is 4.74 Å². The van der Waals surface area contributed by atoms with Crippen molar-refractivity contribution < 1.29 is 19.6 Å². The maximum absolute atomic E-state index is 10.8. The van der Waals surface area contributed by atoms with Gasteiger partial charge in [0.15, 0.2) is 6.29 Å². The Labute approximate surface area is 121 Å². The van der Waals surface area contributed by atoms with E-state index >= 15 is 0 Å². The summed E-state index contributed by atoms with van der Waals surface area (Å²) in [7, 11) is 1.00. The van der Waals surface area contributed by atoms with E-state index in [1.54, 1.807) is 0 Å². The molecule has 21 heavy (non-hydrogen) atoms. The van der Waals surface area contributed by atoms with Crippen LogP contribution in [0.4, 0.5) is 5.69 Å². The van der Waals surface area contributed by atoms with Gasteiger partial charge in [0.25, 0.3) is 5.88 Å². The summed E-state index contributed by atoms with van der Waals surface area (Å²) in [6.07, 6.45) is 0.513. The molecular formula is C14H14N2O5. The number of nitro groups is 1. The molecule has 7 nitrogen and oxygen atoms in total. The second-order valence-corrected chi connectivity index (χ2v) is 3.71. The lowest BCUT2D eigenvalue weighted by Gasteiger charge is -2.06. The van der Waals surface area contributed by atoms with Gasteiger partial charge in [-0.15, -0.1) is 0 Å². The Bertz CT molecular complexity index is 602. The number of rotatable bonds is 5. The summed E-state index contributed by atoms with van der Waals surface area (Å²) in [5.74, 6) is -0.154. The number of aldehydes is 1. The maximum atomic E-state index is 10.8. The molecule has 110 valence electrons. The molecule has 2 rings (SSSR count). The number of aromatic nitrogens is 1. The molecule has 0 saturated heterocycles. The van der Waals surface area contributed by atoms with Crippen LogP contribution in [0.15, 0.2) is 42.5 Å². The van der Waals surface area contributed by atoms with Gasteiger partial charge < -0.3 is 9.84 Å². The van der Waals surface area contributed by atoms with Gasteiger partial charge in [0.05, 0.1) is 4.92 Å². The molecule has 0 aliphatic heterocycles. The van der Waals surface area contributed by atoms with Crippen LogP contribution in [-0.4, -0.2) is 28.4 Å². The minimum atomic E-state index is -0.595. The number of ether oxygens (including phenoxy) is 1. The Morgan fingerprint density at radius 2 is 1.90 bits per heavy atom. The predicted octanol–water partition coefficient (Wildman–Crippen LogP) is 1.99. The molecule has 1 aromatic heterocycles. The van der Waals surface area contributed by atoms with Gasteiger partial charge in [-0.25, -0.2) is 4.98 Å². The summed E-state index contributed by atoms with van der Waals surface area (Å²) in [6, 6.07) is 11.7. The third-order valence-corrected chi connectivity index (χ3v) is 2.40. The molecule has 0 saturated carbocycles. The molecule has 0 aliphatic rings. The van der Waals surface area contributed by atoms with Crippen LogP contribution in [0, 0.1) is 10.1 Å². The van der Waals surface area contributed by atoms with Gasteiger partial charge in [-0.3, -0.25) is 14.9 Å². The Morgan fingerprint density at radius 3 is 2.48 bits per heavy atom. The smallest absolute Gasteiger partial charge is 0.331 e. The molecule has 0 amide bonds. The van der Waals surface area contributed by atoms with Gasteiger partial charge in [0.1, 0.15) is 12.3 Å². The van der Waals surface area contributed by atoms with Crippen molar-refractivity contribution in [1.29, 1.82) is 0 Å². The third kappa shape index (κ3) is 4.66. The molecule has 1 aromatic carbocycles. The van der Waals surface area contributed by atoms with Crippen LogP contribution in [0.1, 0.15) is 16.1 Å². The molecule has 0 radical (unpaired) electrons. The SMILES string of the molecule is CO.O=Cc1ccc([N+](=O)[O-])c(OCc2ccccc2)n1. The van der Waals surface area contributed by atoms with E-state index in [0.29, 0.717) is 6.29 Å². The lowest BCUT2D eigenvalue weighted by atomic mass is 10.2. The number of benzene rings is 1. The zero-order chi connectivity index (χ0) is 15.7. The zero-order valence-electron chi connectivity index (χ0n) is 11.3. The molecule has 1 N–H and O–H groups in total. The molecule has 0 unspecified atom stereocenters. The van der Waals surface area contributed by atoms with E-state index in [1.807, 2.05) is 30.3 Å². The Kier molecular flexibility index (Phi) is 6.49. The number of aliphatic hydroxyl groups is 1. The second kappa shape index (κ2) is 8.39. The van der Waals surface area contributed by atoms with Crippen molar-refractivity contribution >= 4 is 12.0 Å². The van der Waals surface area contributed by atoms with E-state index in [0.717, 1.165) is 12.7 Å². The lowest BCUT2D eigenvalue weighted by Crippen LogP contribution is -2.02. The predicted molar refractivity (Wildman–Crippen MR) is 75.2 cm³/mol. The lowest BCUT2D eigenvalue weighted by molar-refractivity contribution is -0.386. The molecule has 0 spiro atoms. The number of pyridine rings is 1. The highest BCUT2D eigenvalue weighted by Gasteiger charge is 2.17. The van der Waals surface area contributed by atoms with Gasteiger partial charge in [-0.2, -0.15) is 0 Å². The fourth-order valence-corrected chi connectivity index (χ4v) is 1.48. The van der Waals surface area contributed by atoms with Gasteiger partial charge in [-0.1, -0.05) is 30.3 Å². The summed E-state index contributed by atoms with van der Waals surface area (Å²) < 4.78 is 5.32. The molecule has 0 fully saturated rings. The van der Waals surface area contributed by atoms with Crippen LogP contribution >= 0.6 is 0 Å². The van der Waals surface area contributed by atoms with Crippen molar-refractivity contribution in [1.82, 2.24) is 4.98 Å². The van der Waals surface area contributed by atoms with Crippen molar-refractivity contribution in [2.24, 2.45) is 0 Å². The number of aliphatic hydroxyl groups excluding tert-OH is 1. The first kappa shape index (κ1) is 16.3. The summed E-state index contributed by atoms with van der Waals surface area (Å²) >= 11 is 0. The van der Waals surface area contributed by atoms with Gasteiger partial charge >= 0.3 is 5.69 Å². The Hall–Kier alpha value is -2.80. The summed E-state index contributed by atoms with van der Waals surface area (Å²) in [5.41, 5.74) is 0.685. The number of carbonyl (C=O) groups excluding carboxylic acids is 1. The molecule has 7 heteroatoms. The highest BCUT2D eigenvalue weighted by molar-refractivity contribution is 5.72. The van der Waals surface area contributed by atoms with Crippen LogP contribution in [0.5, 0.6) is 5.88 Å². The van der Waals surface area contributed by atoms with Gasteiger partial charge in [0, 0.05) is 13.2 Å². The Balaban J connectivity index is 0.00000106. The summed E-state index contributed by atoms with van der Waals surface area (Å²) in [6.45, 7) is 0.150. The van der Waals surface area contributed by atoms with Crippen molar-refractivity contribution in [3.05, 3.63) is 63.8 Å². The third-order valence-electron chi connectivity index (χ3n) is 2.40. The minimum Gasteiger partial charge on any atom is -0.468 e.